The molecule has 0 atom stereocenters. The third-order valence-electron chi connectivity index (χ3n) is 2.89. The van der Waals surface area contributed by atoms with E-state index in [4.69, 9.17) is 11.6 Å². The van der Waals surface area contributed by atoms with E-state index in [2.05, 4.69) is 15.9 Å². The quantitative estimate of drug-likeness (QED) is 0.726. The molecule has 0 aromatic heterocycles. The minimum absolute atomic E-state index is 0.0119. The van der Waals surface area contributed by atoms with Crippen molar-refractivity contribution in [1.29, 1.82) is 0 Å². The highest BCUT2D eigenvalue weighted by atomic mass is 79.9. The van der Waals surface area contributed by atoms with Gasteiger partial charge in [0.25, 0.3) is 5.91 Å². The summed E-state index contributed by atoms with van der Waals surface area (Å²) in [6.07, 6.45) is 1.77. The number of halogens is 3. The SMILES string of the molecule is O=C(c1c(F)cccc1Cl)N1CCC(Br)CC1. The number of hydrogen-bond acceptors (Lipinski definition) is 1. The molecule has 1 fully saturated rings. The van der Waals surface area contributed by atoms with Crippen molar-refractivity contribution >= 4 is 33.4 Å². The third kappa shape index (κ3) is 2.80. The lowest BCUT2D eigenvalue weighted by atomic mass is 10.1. The van der Waals surface area contributed by atoms with Crippen molar-refractivity contribution < 1.29 is 9.18 Å². The highest BCUT2D eigenvalue weighted by Gasteiger charge is 2.25. The van der Waals surface area contributed by atoms with E-state index >= 15 is 0 Å². The standard InChI is InChI=1S/C12H12BrClFNO/c13-8-4-6-16(7-5-8)12(17)11-9(14)2-1-3-10(11)15/h1-3,8H,4-7H2. The molecule has 0 aliphatic carbocycles. The van der Waals surface area contributed by atoms with Crippen LogP contribution in [0.15, 0.2) is 18.2 Å². The van der Waals surface area contributed by atoms with Gasteiger partial charge in [0.15, 0.2) is 0 Å². The Bertz CT molecular complexity index is 412. The van der Waals surface area contributed by atoms with Gasteiger partial charge in [-0.05, 0) is 25.0 Å². The second-order valence-electron chi connectivity index (χ2n) is 4.06. The maximum Gasteiger partial charge on any atom is 0.258 e. The molecule has 0 bridgehead atoms. The minimum Gasteiger partial charge on any atom is -0.338 e. The minimum atomic E-state index is -0.552. The predicted octanol–water partition coefficient (Wildman–Crippen LogP) is 3.48. The predicted molar refractivity (Wildman–Crippen MR) is 69.3 cm³/mol. The molecule has 2 rings (SSSR count). The molecule has 2 nitrogen and oxygen atoms in total. The average Bonchev–Trinajstić information content (AvgIpc) is 2.29. The molecule has 92 valence electrons. The third-order valence-corrected chi connectivity index (χ3v) is 4.12. The van der Waals surface area contributed by atoms with Crippen molar-refractivity contribution in [2.75, 3.05) is 13.1 Å². The van der Waals surface area contributed by atoms with Crippen molar-refractivity contribution in [3.63, 3.8) is 0 Å². The van der Waals surface area contributed by atoms with Crippen LogP contribution >= 0.6 is 27.5 Å². The smallest absolute Gasteiger partial charge is 0.258 e. The van der Waals surface area contributed by atoms with E-state index in [1.807, 2.05) is 0 Å². The zero-order valence-corrected chi connectivity index (χ0v) is 11.5. The number of amides is 1. The number of nitrogens with zero attached hydrogens (tertiary/aromatic N) is 1. The Hall–Kier alpha value is -0.610. The van der Waals surface area contributed by atoms with Gasteiger partial charge in [0.2, 0.25) is 0 Å². The Morgan fingerprint density at radius 3 is 2.65 bits per heavy atom. The molecule has 0 saturated carbocycles. The fraction of sp³-hybridized carbons (Fsp3) is 0.417. The van der Waals surface area contributed by atoms with E-state index in [0.29, 0.717) is 17.9 Å². The van der Waals surface area contributed by atoms with Gasteiger partial charge < -0.3 is 4.90 Å². The number of piperidine rings is 1. The van der Waals surface area contributed by atoms with Gasteiger partial charge in [-0.1, -0.05) is 33.6 Å². The summed E-state index contributed by atoms with van der Waals surface area (Å²) in [6, 6.07) is 4.30. The summed E-state index contributed by atoms with van der Waals surface area (Å²) in [5.41, 5.74) is -0.0119. The van der Waals surface area contributed by atoms with Gasteiger partial charge in [-0.2, -0.15) is 0 Å². The molecule has 0 unspecified atom stereocenters. The number of rotatable bonds is 1. The first-order valence-electron chi connectivity index (χ1n) is 5.47. The zero-order valence-electron chi connectivity index (χ0n) is 9.13. The summed E-state index contributed by atoms with van der Waals surface area (Å²) in [5, 5.41) is 0.177. The van der Waals surface area contributed by atoms with Crippen LogP contribution in [-0.4, -0.2) is 28.7 Å². The molecule has 0 radical (unpaired) electrons. The van der Waals surface area contributed by atoms with Gasteiger partial charge >= 0.3 is 0 Å². The molecule has 1 aromatic rings. The van der Waals surface area contributed by atoms with Crippen molar-refractivity contribution in [3.05, 3.63) is 34.6 Å². The summed E-state index contributed by atoms with van der Waals surface area (Å²) in [4.78, 5) is 14.2. The lowest BCUT2D eigenvalue weighted by Crippen LogP contribution is -2.39. The van der Waals surface area contributed by atoms with Crippen LogP contribution in [0.4, 0.5) is 4.39 Å². The van der Waals surface area contributed by atoms with E-state index in [-0.39, 0.29) is 16.5 Å². The van der Waals surface area contributed by atoms with E-state index in [1.54, 1.807) is 4.90 Å². The molecular formula is C12H12BrClFNO. The monoisotopic (exact) mass is 319 g/mol. The molecule has 1 aliphatic rings. The van der Waals surface area contributed by atoms with E-state index < -0.39 is 5.82 Å². The molecule has 1 saturated heterocycles. The van der Waals surface area contributed by atoms with Crippen LogP contribution < -0.4 is 0 Å². The number of hydrogen-bond donors (Lipinski definition) is 0. The fourth-order valence-electron chi connectivity index (χ4n) is 1.91. The highest BCUT2D eigenvalue weighted by Crippen LogP contribution is 2.24. The summed E-state index contributed by atoms with van der Waals surface area (Å²) in [7, 11) is 0. The van der Waals surface area contributed by atoms with Crippen molar-refractivity contribution in [2.24, 2.45) is 0 Å². The van der Waals surface area contributed by atoms with Gasteiger partial charge in [0.1, 0.15) is 5.82 Å². The van der Waals surface area contributed by atoms with E-state index in [0.717, 1.165) is 12.8 Å². The van der Waals surface area contributed by atoms with E-state index in [9.17, 15) is 9.18 Å². The largest absolute Gasteiger partial charge is 0.338 e. The second kappa shape index (κ2) is 5.36. The normalized spacial score (nSPS) is 17.2. The van der Waals surface area contributed by atoms with E-state index in [1.165, 1.54) is 18.2 Å². The molecule has 17 heavy (non-hydrogen) atoms. The van der Waals surface area contributed by atoms with Crippen LogP contribution in [0.25, 0.3) is 0 Å². The topological polar surface area (TPSA) is 20.3 Å². The van der Waals surface area contributed by atoms with Gasteiger partial charge in [0.05, 0.1) is 10.6 Å². The Labute approximate surface area is 113 Å². The average molecular weight is 321 g/mol. The molecule has 0 spiro atoms. The number of likely N-dealkylation sites (tertiary alicyclic amines) is 1. The first kappa shape index (κ1) is 12.8. The Morgan fingerprint density at radius 1 is 1.41 bits per heavy atom. The Morgan fingerprint density at radius 2 is 2.06 bits per heavy atom. The van der Waals surface area contributed by atoms with Crippen LogP contribution in [0.3, 0.4) is 0 Å². The van der Waals surface area contributed by atoms with Crippen LogP contribution in [0.1, 0.15) is 23.2 Å². The summed E-state index contributed by atoms with van der Waals surface area (Å²) in [6.45, 7) is 1.28. The number of carbonyl (C=O) groups is 1. The summed E-state index contributed by atoms with van der Waals surface area (Å²) >= 11 is 9.39. The van der Waals surface area contributed by atoms with Gasteiger partial charge in [-0.15, -0.1) is 0 Å². The van der Waals surface area contributed by atoms with Crippen molar-refractivity contribution in [1.82, 2.24) is 4.90 Å². The van der Waals surface area contributed by atoms with Crippen molar-refractivity contribution in [2.45, 2.75) is 17.7 Å². The van der Waals surface area contributed by atoms with Crippen molar-refractivity contribution in [3.8, 4) is 0 Å². The second-order valence-corrected chi connectivity index (χ2v) is 5.77. The first-order chi connectivity index (χ1) is 8.09. The summed E-state index contributed by atoms with van der Waals surface area (Å²) < 4.78 is 13.6. The number of benzene rings is 1. The van der Waals surface area contributed by atoms with Gasteiger partial charge in [-0.25, -0.2) is 4.39 Å². The van der Waals surface area contributed by atoms with Crippen LogP contribution in [-0.2, 0) is 0 Å². The number of carbonyl (C=O) groups excluding carboxylic acids is 1. The zero-order chi connectivity index (χ0) is 12.4. The molecular weight excluding hydrogens is 308 g/mol. The molecule has 1 aromatic carbocycles. The van der Waals surface area contributed by atoms with Crippen LogP contribution in [0, 0.1) is 5.82 Å². The lowest BCUT2D eigenvalue weighted by molar-refractivity contribution is 0.0724. The van der Waals surface area contributed by atoms with Gasteiger partial charge in [0, 0.05) is 17.9 Å². The molecule has 1 heterocycles. The molecule has 1 aliphatic heterocycles. The maximum absolute atomic E-state index is 13.6. The highest BCUT2D eigenvalue weighted by molar-refractivity contribution is 9.09. The fourth-order valence-corrected chi connectivity index (χ4v) is 2.56. The Balaban J connectivity index is 2.20. The first-order valence-corrected chi connectivity index (χ1v) is 6.76. The summed E-state index contributed by atoms with van der Waals surface area (Å²) in [5.74, 6) is -0.865. The maximum atomic E-state index is 13.6. The lowest BCUT2D eigenvalue weighted by Gasteiger charge is -2.29. The molecule has 0 N–H and O–H groups in total. The number of alkyl halides is 1. The molecule has 1 amide bonds. The van der Waals surface area contributed by atoms with Crippen LogP contribution in [0.2, 0.25) is 5.02 Å². The van der Waals surface area contributed by atoms with Gasteiger partial charge in [-0.3, -0.25) is 4.79 Å². The van der Waals surface area contributed by atoms with Crippen LogP contribution in [0.5, 0.6) is 0 Å². The molecule has 5 heteroatoms. The Kier molecular flexibility index (Phi) is 4.05.